The molecule has 1 N–H and O–H groups in total. The summed E-state index contributed by atoms with van der Waals surface area (Å²) in [6.45, 7) is 2.21. The van der Waals surface area contributed by atoms with Gasteiger partial charge in [-0.15, -0.1) is 11.3 Å². The zero-order chi connectivity index (χ0) is 17.3. The number of carbonyl (C=O) groups is 1. The van der Waals surface area contributed by atoms with E-state index in [1.165, 1.54) is 11.3 Å². The number of rotatable bonds is 2. The van der Waals surface area contributed by atoms with Crippen LogP contribution in [0.3, 0.4) is 0 Å². The Kier molecular flexibility index (Phi) is 5.14. The van der Waals surface area contributed by atoms with Crippen molar-refractivity contribution in [2.45, 2.75) is 26.2 Å². The fourth-order valence-corrected chi connectivity index (χ4v) is 4.57. The first-order valence-electron chi connectivity index (χ1n) is 7.65. The van der Waals surface area contributed by atoms with E-state index in [2.05, 4.69) is 34.2 Å². The zero-order valence-corrected chi connectivity index (χ0v) is 16.3. The van der Waals surface area contributed by atoms with E-state index in [0.29, 0.717) is 22.0 Å². The maximum absolute atomic E-state index is 12.5. The molecule has 1 aliphatic carbocycles. The molecule has 3 rings (SSSR count). The number of nitrogens with zero attached hydrogens (tertiary/aromatic N) is 1. The molecular formula is C18H15BrN2OS2. The van der Waals surface area contributed by atoms with Gasteiger partial charge < -0.3 is 5.32 Å². The van der Waals surface area contributed by atoms with Crippen molar-refractivity contribution < 1.29 is 4.79 Å². The Balaban J connectivity index is 1.98. The van der Waals surface area contributed by atoms with Gasteiger partial charge in [0.1, 0.15) is 11.1 Å². The van der Waals surface area contributed by atoms with Crippen LogP contribution >= 0.6 is 39.5 Å². The summed E-state index contributed by atoms with van der Waals surface area (Å²) in [5.41, 5.74) is 3.25. The molecule has 1 aromatic heterocycles. The molecule has 0 saturated carbocycles. The van der Waals surface area contributed by atoms with Crippen molar-refractivity contribution in [1.29, 1.82) is 5.26 Å². The number of hydrogen-bond donors (Lipinski definition) is 1. The summed E-state index contributed by atoms with van der Waals surface area (Å²) < 4.78 is 1.69. The summed E-state index contributed by atoms with van der Waals surface area (Å²) in [6, 6.07) is 9.39. The summed E-state index contributed by atoms with van der Waals surface area (Å²) in [5.74, 6) is 0.356. The number of amides is 1. The highest BCUT2D eigenvalue weighted by atomic mass is 79.9. The number of benzene rings is 1. The fourth-order valence-electron chi connectivity index (χ4n) is 2.92. The number of nitriles is 1. The van der Waals surface area contributed by atoms with Crippen molar-refractivity contribution in [2.75, 3.05) is 5.32 Å². The SMILES string of the molecule is CC1CCc2c(C#N)c(NC(=O)c3ccc(Br)cc3)sc(=S)c2C1. The summed E-state index contributed by atoms with van der Waals surface area (Å²) in [5, 5.41) is 13.0. The van der Waals surface area contributed by atoms with Gasteiger partial charge in [0.15, 0.2) is 0 Å². The van der Waals surface area contributed by atoms with Gasteiger partial charge in [-0.3, -0.25) is 4.79 Å². The summed E-state index contributed by atoms with van der Waals surface area (Å²) in [7, 11) is 0. The molecule has 1 aromatic carbocycles. The smallest absolute Gasteiger partial charge is 0.256 e. The van der Waals surface area contributed by atoms with E-state index in [9.17, 15) is 10.1 Å². The Hall–Kier alpha value is -1.55. The van der Waals surface area contributed by atoms with Crippen molar-refractivity contribution in [3.8, 4) is 6.07 Å². The molecule has 24 heavy (non-hydrogen) atoms. The van der Waals surface area contributed by atoms with Gasteiger partial charge in [-0.05, 0) is 60.6 Å². The Bertz CT molecular complexity index is 897. The Morgan fingerprint density at radius 3 is 2.75 bits per heavy atom. The van der Waals surface area contributed by atoms with Gasteiger partial charge in [0, 0.05) is 10.0 Å². The van der Waals surface area contributed by atoms with Gasteiger partial charge in [0.2, 0.25) is 0 Å². The molecule has 0 radical (unpaired) electrons. The van der Waals surface area contributed by atoms with Gasteiger partial charge >= 0.3 is 0 Å². The maximum Gasteiger partial charge on any atom is 0.256 e. The van der Waals surface area contributed by atoms with E-state index in [0.717, 1.165) is 38.7 Å². The third-order valence-corrected chi connectivity index (χ3v) is 6.19. The highest BCUT2D eigenvalue weighted by Crippen LogP contribution is 2.36. The van der Waals surface area contributed by atoms with E-state index < -0.39 is 0 Å². The molecule has 0 spiro atoms. The number of halogens is 1. The van der Waals surface area contributed by atoms with E-state index >= 15 is 0 Å². The molecule has 3 nitrogen and oxygen atoms in total. The molecule has 0 saturated heterocycles. The Morgan fingerprint density at radius 1 is 1.38 bits per heavy atom. The number of anilines is 1. The molecule has 1 atom stereocenters. The number of nitrogens with one attached hydrogen (secondary N) is 1. The lowest BCUT2D eigenvalue weighted by Gasteiger charge is -2.23. The lowest BCUT2D eigenvalue weighted by atomic mass is 9.85. The Morgan fingerprint density at radius 2 is 2.08 bits per heavy atom. The van der Waals surface area contributed by atoms with Crippen molar-refractivity contribution >= 4 is 50.4 Å². The molecular weight excluding hydrogens is 404 g/mol. The van der Waals surface area contributed by atoms with Crippen LogP contribution in [0.2, 0.25) is 0 Å². The van der Waals surface area contributed by atoms with Gasteiger partial charge in [-0.1, -0.05) is 35.1 Å². The van der Waals surface area contributed by atoms with Gasteiger partial charge in [0.25, 0.3) is 5.91 Å². The largest absolute Gasteiger partial charge is 0.312 e. The first-order chi connectivity index (χ1) is 11.5. The number of hydrogen-bond acceptors (Lipinski definition) is 4. The highest BCUT2D eigenvalue weighted by Gasteiger charge is 2.23. The first-order valence-corrected chi connectivity index (χ1v) is 9.67. The van der Waals surface area contributed by atoms with E-state index in [1.54, 1.807) is 12.1 Å². The summed E-state index contributed by atoms with van der Waals surface area (Å²) >= 11 is 10.2. The van der Waals surface area contributed by atoms with Crippen LogP contribution in [0.25, 0.3) is 0 Å². The molecule has 1 heterocycles. The highest BCUT2D eigenvalue weighted by molar-refractivity contribution is 9.10. The van der Waals surface area contributed by atoms with Crippen LogP contribution in [0.1, 0.15) is 40.4 Å². The predicted molar refractivity (Wildman–Crippen MR) is 103 cm³/mol. The second-order valence-electron chi connectivity index (χ2n) is 5.97. The van der Waals surface area contributed by atoms with Crippen LogP contribution in [0.15, 0.2) is 28.7 Å². The summed E-state index contributed by atoms with van der Waals surface area (Å²) in [4.78, 5) is 12.5. The maximum atomic E-state index is 12.5. The van der Waals surface area contributed by atoms with Crippen LogP contribution in [0.5, 0.6) is 0 Å². The molecule has 1 unspecified atom stereocenters. The average Bonchev–Trinajstić information content (AvgIpc) is 2.56. The van der Waals surface area contributed by atoms with Crippen LogP contribution in [0, 0.1) is 21.1 Å². The minimum absolute atomic E-state index is 0.228. The van der Waals surface area contributed by atoms with Crippen LogP contribution in [0.4, 0.5) is 5.00 Å². The molecule has 0 bridgehead atoms. The zero-order valence-electron chi connectivity index (χ0n) is 13.1. The molecule has 6 heteroatoms. The van der Waals surface area contributed by atoms with E-state index in [-0.39, 0.29) is 5.91 Å². The van der Waals surface area contributed by atoms with Gasteiger partial charge in [-0.25, -0.2) is 0 Å². The van der Waals surface area contributed by atoms with Gasteiger partial charge in [-0.2, -0.15) is 5.26 Å². The minimum Gasteiger partial charge on any atom is -0.312 e. The molecule has 1 aliphatic rings. The molecule has 122 valence electrons. The lowest BCUT2D eigenvalue weighted by molar-refractivity contribution is 0.102. The minimum atomic E-state index is -0.228. The second-order valence-corrected chi connectivity index (χ2v) is 8.57. The third kappa shape index (κ3) is 3.44. The van der Waals surface area contributed by atoms with Crippen LogP contribution in [-0.4, -0.2) is 5.91 Å². The molecule has 0 aliphatic heterocycles. The quantitative estimate of drug-likeness (QED) is 0.655. The monoisotopic (exact) mass is 418 g/mol. The second kappa shape index (κ2) is 7.14. The summed E-state index contributed by atoms with van der Waals surface area (Å²) in [6.07, 6.45) is 2.81. The first kappa shape index (κ1) is 17.3. The van der Waals surface area contributed by atoms with Crippen molar-refractivity contribution in [1.82, 2.24) is 0 Å². The van der Waals surface area contributed by atoms with Gasteiger partial charge in [0.05, 0.1) is 9.39 Å². The van der Waals surface area contributed by atoms with Crippen molar-refractivity contribution in [3.63, 3.8) is 0 Å². The van der Waals surface area contributed by atoms with E-state index in [1.807, 2.05) is 12.1 Å². The van der Waals surface area contributed by atoms with Crippen molar-refractivity contribution in [2.24, 2.45) is 5.92 Å². The molecule has 1 amide bonds. The molecule has 0 fully saturated rings. The Labute approximate surface area is 158 Å². The predicted octanol–water partition coefficient (Wildman–Crippen LogP) is 5.49. The third-order valence-electron chi connectivity index (χ3n) is 4.22. The van der Waals surface area contributed by atoms with Crippen molar-refractivity contribution in [3.05, 3.63) is 54.8 Å². The number of carbonyl (C=O) groups excluding carboxylic acids is 1. The normalized spacial score (nSPS) is 16.1. The lowest BCUT2D eigenvalue weighted by Crippen LogP contribution is -2.16. The number of fused-ring (bicyclic) bond motifs is 1. The molecule has 2 aromatic rings. The standard InChI is InChI=1S/C18H15BrN2OS2/c1-10-2-7-13-14(8-10)18(23)24-17(15(13)9-20)21-16(22)11-3-5-12(19)6-4-11/h3-6,10H,2,7-8H2,1H3,(H,21,22). The topological polar surface area (TPSA) is 52.9 Å². The van der Waals surface area contributed by atoms with Crippen LogP contribution in [-0.2, 0) is 12.8 Å². The average molecular weight is 419 g/mol. The van der Waals surface area contributed by atoms with Crippen LogP contribution < -0.4 is 5.32 Å². The fraction of sp³-hybridized carbons (Fsp3) is 0.278. The van der Waals surface area contributed by atoms with E-state index in [4.69, 9.17) is 12.2 Å².